The second-order valence-corrected chi connectivity index (χ2v) is 35.5. The third-order valence-corrected chi connectivity index (χ3v) is 28.4. The second kappa shape index (κ2) is 28.5. The summed E-state index contributed by atoms with van der Waals surface area (Å²) in [4.78, 5) is 127. The number of benzene rings is 2. The first-order valence-corrected chi connectivity index (χ1v) is 44.3. The number of thiazole rings is 6. The summed E-state index contributed by atoms with van der Waals surface area (Å²) in [6, 6.07) is 46.6. The Bertz CT molecular complexity index is 7470. The molecule has 0 saturated heterocycles. The number of aryl methyl sites for hydroxylation is 6. The summed E-state index contributed by atoms with van der Waals surface area (Å²) in [7, 11) is 11.9. The highest BCUT2D eigenvalue weighted by atomic mass is 32.1. The van der Waals surface area contributed by atoms with Gasteiger partial charge in [-0.05, 0) is 146 Å². The Morgan fingerprint density at radius 1 is 0.159 bits per heavy atom. The van der Waals surface area contributed by atoms with E-state index in [9.17, 15) is 0 Å². The summed E-state index contributed by atoms with van der Waals surface area (Å²) >= 11 is 9.14. The van der Waals surface area contributed by atoms with Gasteiger partial charge in [-0.3, -0.25) is 0 Å². The zero-order chi connectivity index (χ0) is 83.8. The first kappa shape index (κ1) is 73.1. The van der Waals surface area contributed by atoms with E-state index in [2.05, 4.69) is 0 Å². The van der Waals surface area contributed by atoms with E-state index in [-0.39, 0.29) is 0 Å². The van der Waals surface area contributed by atoms with Gasteiger partial charge in [-0.2, -0.15) is 0 Å². The van der Waals surface area contributed by atoms with Gasteiger partial charge >= 0.3 is 0 Å². The maximum atomic E-state index is 5.46. The van der Waals surface area contributed by atoms with Gasteiger partial charge < -0.3 is 27.4 Å². The molecule has 600 valence electrons. The molecule has 30 nitrogen and oxygen atoms in total. The number of fused-ring (bicyclic) bond motifs is 12. The topological polar surface area (TPSA) is 339 Å². The van der Waals surface area contributed by atoms with E-state index in [1.165, 1.54) is 68.0 Å². The largest absolute Gasteiger partial charge is 0.312 e. The van der Waals surface area contributed by atoms with Crippen LogP contribution in [0.3, 0.4) is 0 Å². The van der Waals surface area contributed by atoms with Crippen LogP contribution in [0.4, 0.5) is 0 Å². The molecule has 2 aromatic carbocycles. The van der Waals surface area contributed by atoms with Crippen LogP contribution in [0, 0.1) is 0 Å². The molecule has 26 aromatic rings. The number of imidazole rings is 6. The van der Waals surface area contributed by atoms with Gasteiger partial charge in [0.05, 0.1) is 0 Å². The quantitative estimate of drug-likeness (QED) is 0.110. The van der Waals surface area contributed by atoms with Crippen molar-refractivity contribution in [1.82, 2.24) is 147 Å². The van der Waals surface area contributed by atoms with E-state index in [0.29, 0.717) is 135 Å². The molecule has 26 rings (SSSR count). The van der Waals surface area contributed by atoms with E-state index in [1.807, 2.05) is 215 Å². The monoisotopic (exact) mass is 1750 g/mol. The van der Waals surface area contributed by atoms with Crippen molar-refractivity contribution in [1.29, 1.82) is 0 Å². The number of hydrogen-bond donors (Lipinski definition) is 0. The summed E-state index contributed by atoms with van der Waals surface area (Å²) in [5.74, 6) is 3.60. The molecule has 0 saturated carbocycles. The van der Waals surface area contributed by atoms with Crippen molar-refractivity contribution in [3.63, 3.8) is 0 Å². The van der Waals surface area contributed by atoms with Crippen LogP contribution < -0.4 is 0 Å². The fourth-order valence-electron chi connectivity index (χ4n) is 16.9. The lowest BCUT2D eigenvalue weighted by molar-refractivity contribution is 0.912. The Morgan fingerprint density at radius 3 is 0.429 bits per heavy atom. The molecule has 126 heavy (non-hydrogen) atoms. The molecule has 36 heteroatoms. The van der Waals surface area contributed by atoms with Crippen molar-refractivity contribution in [3.8, 4) is 132 Å². The fraction of sp³-hybridized carbons (Fsp3) is 0.0667. The van der Waals surface area contributed by atoms with Gasteiger partial charge in [0.25, 0.3) is 0 Å². The van der Waals surface area contributed by atoms with Crippen molar-refractivity contribution < 1.29 is 0 Å². The second-order valence-electron chi connectivity index (χ2n) is 29.6. The molecule has 0 unspecified atom stereocenters. The van der Waals surface area contributed by atoms with Crippen molar-refractivity contribution in [3.05, 3.63) is 220 Å². The first-order chi connectivity index (χ1) is 62.0. The molecular weight excluding hydrogens is 1690 g/mol. The number of nitrogens with zero attached hydrogens (tertiary/aromatic N) is 30. The predicted molar refractivity (Wildman–Crippen MR) is 496 cm³/mol. The molecule has 0 amide bonds. The minimum Gasteiger partial charge on any atom is -0.312 e. The van der Waals surface area contributed by atoms with E-state index in [1.54, 1.807) is 74.4 Å². The standard InChI is InChI=1S/C48H36N18.C42H18N12S6/c1-61-37-25(13-7-19-49-37)55-43(61)31-32(44-56-26-14-8-20-50-38(26)62(44)2)34(46-58-28-16-10-22-52-40(28)64(46)4)36(48-60-30-18-12-24-54-42(30)66(48)6)35(47-59-29-17-11-23-53-41(29)65(47)5)33(31)45-57-27-15-9-21-51-39(27)63(45)3;1-7-19-31(43-13-1)55-37(49-19)25-26(38-50-20-8-2-14-44-32(20)56-38)28(40-52-22-10-4-16-46-34(22)58-40)30(42-54-24-12-6-18-48-36(24)60-42)29(41-53-23-11-5-17-47-35(23)59-41)27(25)39-51-21-9-3-15-45-33(21)57-39/h7-24H,1-6H3;1-18H. The Morgan fingerprint density at radius 2 is 0.294 bits per heavy atom. The summed E-state index contributed by atoms with van der Waals surface area (Å²) in [5, 5.41) is 4.45. The summed E-state index contributed by atoms with van der Waals surface area (Å²) in [6.07, 6.45) is 21.5. The van der Waals surface area contributed by atoms with Crippen LogP contribution in [0.15, 0.2) is 220 Å². The lowest BCUT2D eigenvalue weighted by atomic mass is 9.83. The lowest BCUT2D eigenvalue weighted by Crippen LogP contribution is -2.12. The first-order valence-electron chi connectivity index (χ1n) is 39.4. The summed E-state index contributed by atoms with van der Waals surface area (Å²) in [6.45, 7) is 0. The molecule has 0 aliphatic rings. The number of pyridine rings is 12. The van der Waals surface area contributed by atoms with E-state index < -0.39 is 0 Å². The van der Waals surface area contributed by atoms with Gasteiger partial charge in [0.2, 0.25) is 0 Å². The Hall–Kier alpha value is -15.6. The van der Waals surface area contributed by atoms with E-state index >= 15 is 0 Å². The Labute approximate surface area is 732 Å². The van der Waals surface area contributed by atoms with Gasteiger partial charge in [-0.1, -0.05) is 68.0 Å². The zero-order valence-electron chi connectivity index (χ0n) is 66.7. The number of aromatic nitrogens is 30. The van der Waals surface area contributed by atoms with Crippen molar-refractivity contribution in [2.24, 2.45) is 42.3 Å². The maximum Gasteiger partial charge on any atom is 0.159 e. The van der Waals surface area contributed by atoms with Gasteiger partial charge in [0.1, 0.15) is 160 Å². The smallest absolute Gasteiger partial charge is 0.159 e. The van der Waals surface area contributed by atoms with Crippen LogP contribution in [0.25, 0.3) is 261 Å². The average molecular weight is 1750 g/mol. The van der Waals surface area contributed by atoms with Gasteiger partial charge in [0, 0.05) is 183 Å². The third kappa shape index (κ3) is 11.3. The molecule has 0 aliphatic heterocycles. The third-order valence-electron chi connectivity index (χ3n) is 22.4. The van der Waals surface area contributed by atoms with Crippen molar-refractivity contribution in [2.45, 2.75) is 0 Å². The van der Waals surface area contributed by atoms with E-state index in [4.69, 9.17) is 120 Å². The average Bonchev–Trinajstić information content (AvgIpc) is 1.48. The molecule has 0 bridgehead atoms. The van der Waals surface area contributed by atoms with Gasteiger partial charge in [-0.15, -0.1) is 0 Å². The molecule has 0 radical (unpaired) electrons. The fourth-order valence-corrected chi connectivity index (χ4v) is 22.7. The van der Waals surface area contributed by atoms with E-state index in [0.717, 1.165) is 126 Å². The maximum absolute atomic E-state index is 5.46. The Balaban J connectivity index is 0.000000138. The highest BCUT2D eigenvalue weighted by molar-refractivity contribution is 7.25. The number of rotatable bonds is 12. The van der Waals surface area contributed by atoms with Gasteiger partial charge in [0.15, 0.2) is 33.9 Å². The van der Waals surface area contributed by atoms with Crippen LogP contribution >= 0.6 is 68.0 Å². The summed E-state index contributed by atoms with van der Waals surface area (Å²) < 4.78 is 12.2. The lowest BCUT2D eigenvalue weighted by Gasteiger charge is -2.26. The molecule has 0 aliphatic carbocycles. The van der Waals surface area contributed by atoms with Crippen LogP contribution in [0.5, 0.6) is 0 Å². The van der Waals surface area contributed by atoms with Crippen LogP contribution in [0.1, 0.15) is 0 Å². The predicted octanol–water partition coefficient (Wildman–Crippen LogP) is 19.1. The molecule has 0 atom stereocenters. The molecule has 0 N–H and O–H groups in total. The molecular formula is C90H54N30S6. The van der Waals surface area contributed by atoms with Crippen LogP contribution in [0.2, 0.25) is 0 Å². The van der Waals surface area contributed by atoms with Crippen LogP contribution in [-0.2, 0) is 42.3 Å². The highest BCUT2D eigenvalue weighted by Crippen LogP contribution is 2.61. The molecule has 24 heterocycles. The SMILES string of the molecule is Cn1c(-c2c(-c3nc4cccnc4n3C)c(-c3nc4cccnc4n3C)c(-c3nc4cccnc4n3C)c(-c3nc4cccnc4n3C)c2-c2nc3cccnc3n2C)nc2cccnc21.c1cnc2sc(-c3c(-c4nc5cccnc5s4)c(-c4nc5cccnc5s4)c(-c4nc5cccnc5s4)c(-c4nc5cccnc5s4)c3-c3nc4cccnc4s3)nc2c1. The van der Waals surface area contributed by atoms with Crippen molar-refractivity contribution in [2.75, 3.05) is 0 Å². The summed E-state index contributed by atoms with van der Waals surface area (Å²) in [5.41, 5.74) is 22.2. The number of hydrogen-bond acceptors (Lipinski definition) is 30. The zero-order valence-corrected chi connectivity index (χ0v) is 71.5. The molecule has 0 fully saturated rings. The normalized spacial score (nSPS) is 12.0. The Kier molecular flexibility index (Phi) is 16.5. The van der Waals surface area contributed by atoms with Crippen LogP contribution in [-0.4, -0.2) is 147 Å². The van der Waals surface area contributed by atoms with Gasteiger partial charge in [-0.25, -0.2) is 120 Å². The molecule has 24 aromatic heterocycles. The highest BCUT2D eigenvalue weighted by Gasteiger charge is 2.41. The minimum atomic E-state index is 0.600. The molecule has 0 spiro atoms. The minimum absolute atomic E-state index is 0.600. The van der Waals surface area contributed by atoms with Crippen molar-refractivity contribution >= 4 is 197 Å².